The van der Waals surface area contributed by atoms with E-state index in [1.165, 1.54) is 0 Å². The molecule has 0 bridgehead atoms. The van der Waals surface area contributed by atoms with E-state index in [4.69, 9.17) is 4.74 Å². The van der Waals surface area contributed by atoms with Gasteiger partial charge in [0.1, 0.15) is 5.75 Å². The largest absolute Gasteiger partial charge is 0.493 e. The molecule has 0 spiro atoms. The Morgan fingerprint density at radius 1 is 1.32 bits per heavy atom. The Balaban J connectivity index is 1.71. The number of anilines is 2. The molecule has 116 valence electrons. The van der Waals surface area contributed by atoms with E-state index in [-0.39, 0.29) is 5.56 Å². The molecule has 2 N–H and O–H groups in total. The van der Waals surface area contributed by atoms with Gasteiger partial charge >= 0.3 is 0 Å². The van der Waals surface area contributed by atoms with Gasteiger partial charge in [-0.25, -0.2) is 4.98 Å². The number of aromatic nitrogens is 2. The van der Waals surface area contributed by atoms with E-state index in [0.717, 1.165) is 34.2 Å². The minimum absolute atomic E-state index is 0.0469. The highest BCUT2D eigenvalue weighted by molar-refractivity contribution is 7.98. The van der Waals surface area contributed by atoms with Gasteiger partial charge in [0.2, 0.25) is 5.95 Å². The Hall–Kier alpha value is -1.95. The molecule has 3 rings (SSSR count). The Bertz CT molecular complexity index is 710. The first-order valence-electron chi connectivity index (χ1n) is 7.31. The molecule has 0 atom stereocenters. The fourth-order valence-corrected chi connectivity index (χ4v) is 3.19. The summed E-state index contributed by atoms with van der Waals surface area (Å²) in [7, 11) is 0. The summed E-state index contributed by atoms with van der Waals surface area (Å²) in [4.78, 5) is 19.2. The number of nitrogens with zero attached hydrogens (tertiary/aromatic N) is 1. The quantitative estimate of drug-likeness (QED) is 0.885. The number of nitrogens with one attached hydrogen (secondary N) is 2. The number of benzene rings is 1. The van der Waals surface area contributed by atoms with Gasteiger partial charge in [0, 0.05) is 22.8 Å². The number of hydrogen-bond acceptors (Lipinski definition) is 5. The van der Waals surface area contributed by atoms with Crippen molar-refractivity contribution in [1.29, 1.82) is 0 Å². The number of fused-ring (bicyclic) bond motifs is 1. The van der Waals surface area contributed by atoms with Crippen molar-refractivity contribution in [2.24, 2.45) is 5.92 Å². The second-order valence-electron chi connectivity index (χ2n) is 5.69. The fraction of sp³-hybridized carbons (Fsp3) is 0.375. The molecular weight excluding hydrogens is 298 g/mol. The highest BCUT2D eigenvalue weighted by Gasteiger charge is 2.17. The zero-order chi connectivity index (χ0) is 15.5. The molecule has 22 heavy (non-hydrogen) atoms. The highest BCUT2D eigenvalue weighted by atomic mass is 32.2. The molecule has 0 aliphatic carbocycles. The summed E-state index contributed by atoms with van der Waals surface area (Å²) in [5.41, 5.74) is 2.50. The molecule has 1 aromatic heterocycles. The van der Waals surface area contributed by atoms with Crippen molar-refractivity contribution in [3.63, 3.8) is 0 Å². The summed E-state index contributed by atoms with van der Waals surface area (Å²) in [6.07, 6.45) is 0. The Kier molecular flexibility index (Phi) is 4.38. The van der Waals surface area contributed by atoms with Crippen molar-refractivity contribution in [2.45, 2.75) is 25.4 Å². The molecule has 0 unspecified atom stereocenters. The van der Waals surface area contributed by atoms with Gasteiger partial charge in [0.05, 0.1) is 12.3 Å². The van der Waals surface area contributed by atoms with Gasteiger partial charge < -0.3 is 10.1 Å². The van der Waals surface area contributed by atoms with Crippen LogP contribution in [-0.2, 0) is 11.5 Å². The van der Waals surface area contributed by atoms with Gasteiger partial charge in [-0.05, 0) is 30.2 Å². The molecule has 6 heteroatoms. The first-order chi connectivity index (χ1) is 10.6. The predicted molar refractivity (Wildman–Crippen MR) is 89.9 cm³/mol. The van der Waals surface area contributed by atoms with Crippen molar-refractivity contribution in [3.8, 4) is 5.75 Å². The van der Waals surface area contributed by atoms with E-state index in [9.17, 15) is 4.79 Å². The third kappa shape index (κ3) is 3.44. The van der Waals surface area contributed by atoms with Crippen LogP contribution in [0.3, 0.4) is 0 Å². The standard InChI is InChI=1S/C16H19N3O2S/c1-10(2)7-21-12-5-3-11(4-6-12)17-16-18-14-9-22-8-13(14)15(20)19-16/h3-6,10H,7-9H2,1-2H3,(H2,17,18,19,20). The zero-order valence-electron chi connectivity index (χ0n) is 12.7. The monoisotopic (exact) mass is 317 g/mol. The molecule has 1 aliphatic rings. The van der Waals surface area contributed by atoms with Crippen LogP contribution in [0, 0.1) is 5.92 Å². The summed E-state index contributed by atoms with van der Waals surface area (Å²) < 4.78 is 5.65. The van der Waals surface area contributed by atoms with Gasteiger partial charge in [-0.15, -0.1) is 0 Å². The lowest BCUT2D eigenvalue weighted by molar-refractivity contribution is 0.271. The molecule has 5 nitrogen and oxygen atoms in total. The normalized spacial score (nSPS) is 13.2. The van der Waals surface area contributed by atoms with Crippen molar-refractivity contribution in [1.82, 2.24) is 9.97 Å². The average Bonchev–Trinajstić information content (AvgIpc) is 2.95. The second kappa shape index (κ2) is 6.44. The zero-order valence-corrected chi connectivity index (χ0v) is 13.5. The van der Waals surface area contributed by atoms with Gasteiger partial charge in [0.15, 0.2) is 0 Å². The van der Waals surface area contributed by atoms with E-state index in [1.54, 1.807) is 11.8 Å². The first-order valence-corrected chi connectivity index (χ1v) is 8.47. The maximum Gasteiger partial charge on any atom is 0.256 e. The summed E-state index contributed by atoms with van der Waals surface area (Å²) in [6, 6.07) is 7.65. The molecule has 0 amide bonds. The van der Waals surface area contributed by atoms with E-state index in [1.807, 2.05) is 24.3 Å². The van der Waals surface area contributed by atoms with Crippen LogP contribution in [0.2, 0.25) is 0 Å². The minimum Gasteiger partial charge on any atom is -0.493 e. The Labute approximate surface area is 133 Å². The van der Waals surface area contributed by atoms with Crippen LogP contribution >= 0.6 is 11.8 Å². The molecule has 2 heterocycles. The fourth-order valence-electron chi connectivity index (χ4n) is 2.16. The number of thioether (sulfide) groups is 1. The van der Waals surface area contributed by atoms with Crippen LogP contribution in [0.1, 0.15) is 25.1 Å². The van der Waals surface area contributed by atoms with Crippen LogP contribution in [0.15, 0.2) is 29.1 Å². The van der Waals surface area contributed by atoms with E-state index < -0.39 is 0 Å². The lowest BCUT2D eigenvalue weighted by Gasteiger charge is -2.10. The molecular formula is C16H19N3O2S. The molecule has 1 aliphatic heterocycles. The number of ether oxygens (including phenoxy) is 1. The number of aromatic amines is 1. The second-order valence-corrected chi connectivity index (χ2v) is 6.67. The number of hydrogen-bond donors (Lipinski definition) is 2. The van der Waals surface area contributed by atoms with Gasteiger partial charge in [0.25, 0.3) is 5.56 Å². The lowest BCUT2D eigenvalue weighted by Crippen LogP contribution is -2.16. The van der Waals surface area contributed by atoms with Gasteiger partial charge in [-0.1, -0.05) is 13.8 Å². The lowest BCUT2D eigenvalue weighted by atomic mass is 10.2. The number of H-pyrrole nitrogens is 1. The van der Waals surface area contributed by atoms with Crippen LogP contribution < -0.4 is 15.6 Å². The molecule has 2 aromatic rings. The van der Waals surface area contributed by atoms with Gasteiger partial charge in [-0.3, -0.25) is 9.78 Å². The Morgan fingerprint density at radius 3 is 2.82 bits per heavy atom. The minimum atomic E-state index is -0.0469. The van der Waals surface area contributed by atoms with Crippen LogP contribution in [-0.4, -0.2) is 16.6 Å². The smallest absolute Gasteiger partial charge is 0.256 e. The molecule has 0 saturated carbocycles. The van der Waals surface area contributed by atoms with Crippen molar-refractivity contribution < 1.29 is 4.74 Å². The highest BCUT2D eigenvalue weighted by Crippen LogP contribution is 2.26. The average molecular weight is 317 g/mol. The summed E-state index contributed by atoms with van der Waals surface area (Å²) in [5, 5.41) is 3.14. The maximum atomic E-state index is 12.0. The van der Waals surface area contributed by atoms with Crippen LogP contribution in [0.4, 0.5) is 11.6 Å². The van der Waals surface area contributed by atoms with Crippen LogP contribution in [0.5, 0.6) is 5.75 Å². The first kappa shape index (κ1) is 15.0. The molecule has 0 radical (unpaired) electrons. The number of rotatable bonds is 5. The Morgan fingerprint density at radius 2 is 2.09 bits per heavy atom. The summed E-state index contributed by atoms with van der Waals surface area (Å²) in [6.45, 7) is 4.93. The van der Waals surface area contributed by atoms with Gasteiger partial charge in [-0.2, -0.15) is 11.8 Å². The third-order valence-corrected chi connectivity index (χ3v) is 4.26. The van der Waals surface area contributed by atoms with Crippen molar-refractivity contribution >= 4 is 23.4 Å². The van der Waals surface area contributed by atoms with Crippen molar-refractivity contribution in [2.75, 3.05) is 11.9 Å². The topological polar surface area (TPSA) is 67.0 Å². The predicted octanol–water partition coefficient (Wildman–Crippen LogP) is 3.30. The summed E-state index contributed by atoms with van der Waals surface area (Å²) in [5.74, 6) is 3.37. The molecule has 0 fully saturated rings. The van der Waals surface area contributed by atoms with E-state index in [0.29, 0.717) is 18.5 Å². The van der Waals surface area contributed by atoms with Crippen LogP contribution in [0.25, 0.3) is 0 Å². The third-order valence-electron chi connectivity index (χ3n) is 3.29. The summed E-state index contributed by atoms with van der Waals surface area (Å²) >= 11 is 1.71. The SMILES string of the molecule is CC(C)COc1ccc(Nc2nc3c(c(=O)[nH]2)CSC3)cc1. The van der Waals surface area contributed by atoms with E-state index in [2.05, 4.69) is 29.1 Å². The molecule has 0 saturated heterocycles. The van der Waals surface area contributed by atoms with E-state index >= 15 is 0 Å². The molecule has 1 aromatic carbocycles. The van der Waals surface area contributed by atoms with Crippen molar-refractivity contribution in [3.05, 3.63) is 45.9 Å². The maximum absolute atomic E-state index is 12.0.